The van der Waals surface area contributed by atoms with Crippen molar-refractivity contribution in [3.05, 3.63) is 29.8 Å². The van der Waals surface area contributed by atoms with Crippen molar-refractivity contribution in [1.82, 2.24) is 0 Å². The van der Waals surface area contributed by atoms with Crippen LogP contribution in [0.3, 0.4) is 0 Å². The number of unbranched alkanes of at least 4 members (excludes halogenated alkanes) is 1. The molecule has 2 nitrogen and oxygen atoms in total. The molecule has 16 heavy (non-hydrogen) atoms. The fourth-order valence-electron chi connectivity index (χ4n) is 1.62. The van der Waals surface area contributed by atoms with Gasteiger partial charge in [-0.05, 0) is 37.0 Å². The molecule has 0 aromatic heterocycles. The Morgan fingerprint density at radius 3 is 2.44 bits per heavy atom. The Labute approximate surface area is 97.6 Å². The van der Waals surface area contributed by atoms with E-state index in [-0.39, 0.29) is 0 Å². The summed E-state index contributed by atoms with van der Waals surface area (Å²) in [4.78, 5) is 11.1. The molecule has 0 saturated heterocycles. The highest BCUT2D eigenvalue weighted by Gasteiger charge is 1.99. The Balaban J connectivity index is 2.24. The third-order valence-corrected chi connectivity index (χ3v) is 2.72. The monoisotopic (exact) mass is 220 g/mol. The van der Waals surface area contributed by atoms with Crippen molar-refractivity contribution < 1.29 is 9.53 Å². The van der Waals surface area contributed by atoms with Crippen LogP contribution in [0.2, 0.25) is 0 Å². The van der Waals surface area contributed by atoms with Gasteiger partial charge in [-0.15, -0.1) is 0 Å². The van der Waals surface area contributed by atoms with Crippen LogP contribution in [-0.2, 0) is 11.2 Å². The van der Waals surface area contributed by atoms with E-state index >= 15 is 0 Å². The highest BCUT2D eigenvalue weighted by atomic mass is 16.5. The molecule has 1 aromatic carbocycles. The average molecular weight is 220 g/mol. The molecule has 0 aliphatic heterocycles. The third-order valence-electron chi connectivity index (χ3n) is 2.72. The minimum atomic E-state index is 0.370. The van der Waals surface area contributed by atoms with Gasteiger partial charge in [0.2, 0.25) is 0 Å². The van der Waals surface area contributed by atoms with Crippen molar-refractivity contribution in [2.45, 2.75) is 39.0 Å². The molecular weight excluding hydrogens is 200 g/mol. The van der Waals surface area contributed by atoms with Crippen molar-refractivity contribution in [3.63, 3.8) is 0 Å². The van der Waals surface area contributed by atoms with E-state index in [2.05, 4.69) is 12.1 Å². The summed E-state index contributed by atoms with van der Waals surface area (Å²) in [5, 5.41) is 0. The number of carbonyl (C=O) groups is 1. The zero-order chi connectivity index (χ0) is 11.8. The number of hydrogen-bond acceptors (Lipinski definition) is 2. The standard InChI is InChI=1S/C14H20O2/c1-3-13(15)7-5-4-6-12-8-10-14(16-2)11-9-12/h8-11H,3-7H2,1-2H3. The summed E-state index contributed by atoms with van der Waals surface area (Å²) in [5.74, 6) is 1.26. The van der Waals surface area contributed by atoms with Gasteiger partial charge in [0.15, 0.2) is 0 Å². The molecule has 0 amide bonds. The summed E-state index contributed by atoms with van der Waals surface area (Å²) in [6, 6.07) is 8.13. The van der Waals surface area contributed by atoms with E-state index in [0.717, 1.165) is 31.4 Å². The lowest BCUT2D eigenvalue weighted by molar-refractivity contribution is -0.118. The quantitative estimate of drug-likeness (QED) is 0.658. The maximum Gasteiger partial charge on any atom is 0.132 e. The van der Waals surface area contributed by atoms with E-state index in [1.165, 1.54) is 5.56 Å². The number of ether oxygens (including phenoxy) is 1. The molecule has 0 radical (unpaired) electrons. The van der Waals surface area contributed by atoms with E-state index in [9.17, 15) is 4.79 Å². The maximum absolute atomic E-state index is 11.1. The Morgan fingerprint density at radius 2 is 1.88 bits per heavy atom. The highest BCUT2D eigenvalue weighted by Crippen LogP contribution is 2.13. The van der Waals surface area contributed by atoms with Crippen molar-refractivity contribution in [2.75, 3.05) is 7.11 Å². The fourth-order valence-corrected chi connectivity index (χ4v) is 1.62. The van der Waals surface area contributed by atoms with Crippen LogP contribution in [0, 0.1) is 0 Å². The van der Waals surface area contributed by atoms with Gasteiger partial charge >= 0.3 is 0 Å². The van der Waals surface area contributed by atoms with E-state index in [1.807, 2.05) is 19.1 Å². The molecule has 0 unspecified atom stereocenters. The first kappa shape index (κ1) is 12.8. The molecule has 0 atom stereocenters. The first-order chi connectivity index (χ1) is 7.76. The van der Waals surface area contributed by atoms with E-state index < -0.39 is 0 Å². The highest BCUT2D eigenvalue weighted by molar-refractivity contribution is 5.77. The van der Waals surface area contributed by atoms with Gasteiger partial charge in [-0.2, -0.15) is 0 Å². The first-order valence-electron chi connectivity index (χ1n) is 5.91. The molecule has 0 fully saturated rings. The predicted molar refractivity (Wildman–Crippen MR) is 65.8 cm³/mol. The Morgan fingerprint density at radius 1 is 1.19 bits per heavy atom. The van der Waals surface area contributed by atoms with Crippen LogP contribution in [0.25, 0.3) is 0 Å². The lowest BCUT2D eigenvalue weighted by Crippen LogP contribution is -1.95. The van der Waals surface area contributed by atoms with E-state index in [4.69, 9.17) is 4.74 Å². The zero-order valence-corrected chi connectivity index (χ0v) is 10.2. The zero-order valence-electron chi connectivity index (χ0n) is 10.2. The molecule has 88 valence electrons. The van der Waals surface area contributed by atoms with Gasteiger partial charge in [0.25, 0.3) is 0 Å². The summed E-state index contributed by atoms with van der Waals surface area (Å²) < 4.78 is 5.10. The number of hydrogen-bond donors (Lipinski definition) is 0. The van der Waals surface area contributed by atoms with Crippen LogP contribution in [0.1, 0.15) is 38.2 Å². The number of ketones is 1. The summed E-state index contributed by atoms with van der Waals surface area (Å²) in [7, 11) is 1.67. The van der Waals surface area contributed by atoms with Crippen LogP contribution in [-0.4, -0.2) is 12.9 Å². The average Bonchev–Trinajstić information content (AvgIpc) is 2.35. The number of Topliss-reactive ketones (excluding diaryl/α,β-unsaturated/α-hetero) is 1. The Kier molecular flexibility index (Phi) is 5.62. The molecule has 0 bridgehead atoms. The molecule has 0 heterocycles. The largest absolute Gasteiger partial charge is 0.497 e. The number of carbonyl (C=O) groups excluding carboxylic acids is 1. The van der Waals surface area contributed by atoms with Gasteiger partial charge in [0.1, 0.15) is 11.5 Å². The van der Waals surface area contributed by atoms with Crippen LogP contribution in [0.15, 0.2) is 24.3 Å². The summed E-state index contributed by atoms with van der Waals surface area (Å²) in [5.41, 5.74) is 1.31. The fraction of sp³-hybridized carbons (Fsp3) is 0.500. The second-order valence-corrected chi connectivity index (χ2v) is 3.95. The first-order valence-corrected chi connectivity index (χ1v) is 5.91. The van der Waals surface area contributed by atoms with Gasteiger partial charge < -0.3 is 4.74 Å². The van der Waals surface area contributed by atoms with Crippen LogP contribution < -0.4 is 4.74 Å². The summed E-state index contributed by atoms with van der Waals surface area (Å²) in [6.45, 7) is 1.92. The number of rotatable bonds is 7. The molecule has 0 saturated carbocycles. The molecule has 1 rings (SSSR count). The SMILES string of the molecule is CCC(=O)CCCCc1ccc(OC)cc1. The minimum absolute atomic E-state index is 0.370. The molecule has 2 heteroatoms. The summed E-state index contributed by atoms with van der Waals surface area (Å²) >= 11 is 0. The number of aryl methyl sites for hydroxylation is 1. The molecule has 0 spiro atoms. The van der Waals surface area contributed by atoms with Crippen LogP contribution in [0.4, 0.5) is 0 Å². The normalized spacial score (nSPS) is 10.1. The van der Waals surface area contributed by atoms with Crippen molar-refractivity contribution >= 4 is 5.78 Å². The van der Waals surface area contributed by atoms with Crippen molar-refractivity contribution in [1.29, 1.82) is 0 Å². The number of methoxy groups -OCH3 is 1. The van der Waals surface area contributed by atoms with E-state index in [0.29, 0.717) is 12.2 Å². The second-order valence-electron chi connectivity index (χ2n) is 3.95. The molecule has 0 aliphatic carbocycles. The Bertz CT molecular complexity index is 314. The van der Waals surface area contributed by atoms with E-state index in [1.54, 1.807) is 7.11 Å². The van der Waals surface area contributed by atoms with Crippen LogP contribution in [0.5, 0.6) is 5.75 Å². The Hall–Kier alpha value is -1.31. The molecule has 0 aliphatic rings. The minimum Gasteiger partial charge on any atom is -0.497 e. The maximum atomic E-state index is 11.1. The second kappa shape index (κ2) is 7.04. The molecule has 0 N–H and O–H groups in total. The number of benzene rings is 1. The van der Waals surface area contributed by atoms with Crippen LogP contribution >= 0.6 is 0 Å². The lowest BCUT2D eigenvalue weighted by Gasteiger charge is -2.03. The summed E-state index contributed by atoms with van der Waals surface area (Å²) in [6.07, 6.45) is 4.52. The van der Waals surface area contributed by atoms with Crippen molar-refractivity contribution in [3.8, 4) is 5.75 Å². The van der Waals surface area contributed by atoms with Gasteiger partial charge in [-0.3, -0.25) is 4.79 Å². The van der Waals surface area contributed by atoms with Gasteiger partial charge in [-0.1, -0.05) is 19.1 Å². The topological polar surface area (TPSA) is 26.3 Å². The van der Waals surface area contributed by atoms with Gasteiger partial charge in [0, 0.05) is 12.8 Å². The molecular formula is C14H20O2. The molecule has 1 aromatic rings. The van der Waals surface area contributed by atoms with Gasteiger partial charge in [0.05, 0.1) is 7.11 Å². The van der Waals surface area contributed by atoms with Crippen molar-refractivity contribution in [2.24, 2.45) is 0 Å². The smallest absolute Gasteiger partial charge is 0.132 e. The third kappa shape index (κ3) is 4.47. The van der Waals surface area contributed by atoms with Gasteiger partial charge in [-0.25, -0.2) is 0 Å². The predicted octanol–water partition coefficient (Wildman–Crippen LogP) is 3.39. The lowest BCUT2D eigenvalue weighted by atomic mass is 10.1.